The van der Waals surface area contributed by atoms with Crippen LogP contribution in [0.4, 0.5) is 5.69 Å². The number of hydrogen-bond donors (Lipinski definition) is 2. The topological polar surface area (TPSA) is 58.1 Å². The summed E-state index contributed by atoms with van der Waals surface area (Å²) in [5.41, 5.74) is 4.77. The van der Waals surface area contributed by atoms with Crippen LogP contribution < -0.4 is 20.3 Å². The number of aryl methyl sites for hydroxylation is 1. The van der Waals surface area contributed by atoms with Crippen LogP contribution in [0.15, 0.2) is 47.5 Å². The predicted octanol–water partition coefficient (Wildman–Crippen LogP) is 3.10. The Labute approximate surface area is 173 Å². The van der Waals surface area contributed by atoms with E-state index in [-0.39, 0.29) is 0 Å². The van der Waals surface area contributed by atoms with Crippen molar-refractivity contribution in [1.82, 2.24) is 10.6 Å². The Morgan fingerprint density at radius 1 is 1.10 bits per heavy atom. The third kappa shape index (κ3) is 5.87. The lowest BCUT2D eigenvalue weighted by molar-refractivity contribution is 0.122. The number of hydrogen-bond acceptors (Lipinski definition) is 4. The second-order valence-corrected chi connectivity index (χ2v) is 7.09. The summed E-state index contributed by atoms with van der Waals surface area (Å²) in [6.45, 7) is 9.64. The number of nitrogens with one attached hydrogen (secondary N) is 2. The summed E-state index contributed by atoms with van der Waals surface area (Å²) in [4.78, 5) is 7.15. The van der Waals surface area contributed by atoms with E-state index < -0.39 is 0 Å². The van der Waals surface area contributed by atoms with Crippen LogP contribution in [-0.4, -0.2) is 45.9 Å². The molecule has 2 aromatic carbocycles. The van der Waals surface area contributed by atoms with Crippen molar-refractivity contribution in [3.05, 3.63) is 59.2 Å². The number of guanidine groups is 1. The molecular formula is C23H32N4O2. The summed E-state index contributed by atoms with van der Waals surface area (Å²) in [6, 6.07) is 14.7. The smallest absolute Gasteiger partial charge is 0.191 e. The molecule has 0 spiro atoms. The van der Waals surface area contributed by atoms with E-state index in [0.29, 0.717) is 13.1 Å². The Morgan fingerprint density at radius 3 is 2.66 bits per heavy atom. The van der Waals surface area contributed by atoms with Crippen molar-refractivity contribution in [3.63, 3.8) is 0 Å². The first-order chi connectivity index (χ1) is 14.2. The lowest BCUT2D eigenvalue weighted by Gasteiger charge is -2.30. The molecule has 3 rings (SSSR count). The number of nitrogens with zero attached hydrogens (tertiary/aromatic N) is 2. The van der Waals surface area contributed by atoms with Crippen LogP contribution in [0, 0.1) is 6.92 Å². The normalized spacial score (nSPS) is 14.6. The summed E-state index contributed by atoms with van der Waals surface area (Å²) in [5.74, 6) is 1.68. The average Bonchev–Trinajstić information content (AvgIpc) is 2.77. The molecule has 1 heterocycles. The molecule has 0 aromatic heterocycles. The van der Waals surface area contributed by atoms with E-state index in [1.165, 1.54) is 16.8 Å². The van der Waals surface area contributed by atoms with Crippen molar-refractivity contribution in [2.45, 2.75) is 26.9 Å². The van der Waals surface area contributed by atoms with Gasteiger partial charge in [-0.2, -0.15) is 0 Å². The van der Waals surface area contributed by atoms with Crippen molar-refractivity contribution in [1.29, 1.82) is 0 Å². The molecule has 6 heteroatoms. The zero-order valence-corrected chi connectivity index (χ0v) is 17.7. The van der Waals surface area contributed by atoms with E-state index in [1.807, 2.05) is 6.07 Å². The van der Waals surface area contributed by atoms with Crippen LogP contribution in [0.3, 0.4) is 0 Å². The van der Waals surface area contributed by atoms with Gasteiger partial charge in [0.1, 0.15) is 5.75 Å². The highest BCUT2D eigenvalue weighted by atomic mass is 16.5. The molecule has 1 aliphatic rings. The third-order valence-corrected chi connectivity index (χ3v) is 4.98. The van der Waals surface area contributed by atoms with Gasteiger partial charge in [-0.05, 0) is 37.1 Å². The first kappa shape index (κ1) is 21.0. The number of anilines is 1. The lowest BCUT2D eigenvalue weighted by Crippen LogP contribution is -2.39. The highest BCUT2D eigenvalue weighted by Gasteiger charge is 2.14. The van der Waals surface area contributed by atoms with Gasteiger partial charge < -0.3 is 25.0 Å². The van der Waals surface area contributed by atoms with E-state index in [1.54, 1.807) is 7.11 Å². The maximum Gasteiger partial charge on any atom is 0.191 e. The number of rotatable bonds is 7. The van der Waals surface area contributed by atoms with Crippen molar-refractivity contribution in [2.75, 3.05) is 44.9 Å². The first-order valence-electron chi connectivity index (χ1n) is 10.3. The minimum Gasteiger partial charge on any atom is -0.496 e. The molecule has 1 saturated heterocycles. The molecule has 156 valence electrons. The van der Waals surface area contributed by atoms with Gasteiger partial charge in [0.2, 0.25) is 0 Å². The minimum absolute atomic E-state index is 0.559. The maximum atomic E-state index is 5.50. The average molecular weight is 397 g/mol. The van der Waals surface area contributed by atoms with Gasteiger partial charge in [-0.25, -0.2) is 4.99 Å². The molecule has 0 saturated carbocycles. The van der Waals surface area contributed by atoms with Crippen molar-refractivity contribution < 1.29 is 9.47 Å². The molecule has 0 unspecified atom stereocenters. The van der Waals surface area contributed by atoms with Crippen molar-refractivity contribution in [2.24, 2.45) is 4.99 Å². The fraction of sp³-hybridized carbons (Fsp3) is 0.435. The quantitative estimate of drug-likeness (QED) is 0.556. The Hall–Kier alpha value is -2.73. The summed E-state index contributed by atoms with van der Waals surface area (Å²) in [5, 5.41) is 6.81. The van der Waals surface area contributed by atoms with Gasteiger partial charge in [-0.1, -0.05) is 30.3 Å². The summed E-state index contributed by atoms with van der Waals surface area (Å²) >= 11 is 0. The standard InChI is InChI=1S/C23H32N4O2/c1-4-24-23(26-17-20-10-9-18(2)15-22(20)28-3)25-16-19-7-5-6-8-21(19)27-11-13-29-14-12-27/h5-10,15H,4,11-14,16-17H2,1-3H3,(H2,24,25,26). The zero-order valence-electron chi connectivity index (χ0n) is 17.7. The largest absolute Gasteiger partial charge is 0.496 e. The molecule has 0 radical (unpaired) electrons. The molecule has 0 amide bonds. The monoisotopic (exact) mass is 396 g/mol. The minimum atomic E-state index is 0.559. The molecule has 6 nitrogen and oxygen atoms in total. The predicted molar refractivity (Wildman–Crippen MR) is 119 cm³/mol. The Balaban J connectivity index is 1.69. The van der Waals surface area contributed by atoms with Gasteiger partial charge in [0.15, 0.2) is 5.96 Å². The highest BCUT2D eigenvalue weighted by Crippen LogP contribution is 2.22. The highest BCUT2D eigenvalue weighted by molar-refractivity contribution is 5.80. The summed E-state index contributed by atoms with van der Waals surface area (Å²) in [7, 11) is 1.70. The fourth-order valence-corrected chi connectivity index (χ4v) is 3.44. The number of methoxy groups -OCH3 is 1. The SMILES string of the molecule is CCNC(=NCc1ccc(C)cc1OC)NCc1ccccc1N1CCOCC1. The van der Waals surface area contributed by atoms with E-state index in [9.17, 15) is 0 Å². The summed E-state index contributed by atoms with van der Waals surface area (Å²) < 4.78 is 11.0. The van der Waals surface area contributed by atoms with Crippen LogP contribution >= 0.6 is 0 Å². The van der Waals surface area contributed by atoms with Crippen LogP contribution in [0.25, 0.3) is 0 Å². The number of ether oxygens (including phenoxy) is 2. The second kappa shape index (κ2) is 10.7. The molecule has 0 atom stereocenters. The van der Waals surface area contributed by atoms with Crippen molar-refractivity contribution in [3.8, 4) is 5.75 Å². The van der Waals surface area contributed by atoms with E-state index >= 15 is 0 Å². The second-order valence-electron chi connectivity index (χ2n) is 7.09. The van der Waals surface area contributed by atoms with E-state index in [2.05, 4.69) is 65.8 Å². The molecule has 2 N–H and O–H groups in total. The maximum absolute atomic E-state index is 5.50. The van der Waals surface area contributed by atoms with Gasteiger partial charge in [-0.3, -0.25) is 0 Å². The Bertz CT molecular complexity index is 816. The number of para-hydroxylation sites is 1. The van der Waals surface area contributed by atoms with Crippen LogP contribution in [0.2, 0.25) is 0 Å². The lowest BCUT2D eigenvalue weighted by atomic mass is 10.1. The van der Waals surface area contributed by atoms with Gasteiger partial charge in [0.05, 0.1) is 26.9 Å². The molecule has 1 aliphatic heterocycles. The van der Waals surface area contributed by atoms with Gasteiger partial charge >= 0.3 is 0 Å². The Kier molecular flexibility index (Phi) is 7.76. The number of morpholine rings is 1. The van der Waals surface area contributed by atoms with Gasteiger partial charge in [0, 0.05) is 37.4 Å². The van der Waals surface area contributed by atoms with E-state index in [4.69, 9.17) is 14.5 Å². The zero-order chi connectivity index (χ0) is 20.5. The van der Waals surface area contributed by atoms with Crippen LogP contribution in [0.1, 0.15) is 23.6 Å². The third-order valence-electron chi connectivity index (χ3n) is 4.98. The summed E-state index contributed by atoms with van der Waals surface area (Å²) in [6.07, 6.45) is 0. The molecule has 2 aromatic rings. The molecule has 0 aliphatic carbocycles. The van der Waals surface area contributed by atoms with Crippen LogP contribution in [0.5, 0.6) is 5.75 Å². The van der Waals surface area contributed by atoms with Crippen LogP contribution in [-0.2, 0) is 17.8 Å². The molecule has 0 bridgehead atoms. The number of benzene rings is 2. The van der Waals surface area contributed by atoms with Gasteiger partial charge in [0.25, 0.3) is 0 Å². The molecule has 29 heavy (non-hydrogen) atoms. The van der Waals surface area contributed by atoms with E-state index in [0.717, 1.165) is 50.1 Å². The molecule has 1 fully saturated rings. The number of aliphatic imine (C=N–C) groups is 1. The molecular weight excluding hydrogens is 364 g/mol. The Morgan fingerprint density at radius 2 is 1.90 bits per heavy atom. The van der Waals surface area contributed by atoms with Crippen molar-refractivity contribution >= 4 is 11.6 Å². The fourth-order valence-electron chi connectivity index (χ4n) is 3.44. The first-order valence-corrected chi connectivity index (χ1v) is 10.3. The van der Waals surface area contributed by atoms with Gasteiger partial charge in [-0.15, -0.1) is 0 Å².